The third-order valence-electron chi connectivity index (χ3n) is 7.22. The van der Waals surface area contributed by atoms with Crippen molar-refractivity contribution in [1.82, 2.24) is 14.9 Å². The van der Waals surface area contributed by atoms with Crippen molar-refractivity contribution in [2.45, 2.75) is 84.3 Å². The Bertz CT molecular complexity index is 1540. The molecule has 0 unspecified atom stereocenters. The monoisotopic (exact) mass is 594 g/mol. The van der Waals surface area contributed by atoms with E-state index in [2.05, 4.69) is 35.5 Å². The SMILES string of the molecule is Cc1cccc(C)c1-c1cc2nc(n1)NS(=O)(=O)c1cccc(c1)C(=O)N(CCCC(C)(C)O)[C@H](CC(C)(C)C)CO2. The summed E-state index contributed by atoms with van der Waals surface area (Å²) in [5, 5.41) is 10.3. The van der Waals surface area contributed by atoms with Crippen LogP contribution in [0.4, 0.5) is 5.95 Å². The summed E-state index contributed by atoms with van der Waals surface area (Å²) in [5.74, 6) is -0.210. The average molecular weight is 595 g/mol. The molecule has 3 aromatic rings. The molecule has 1 amide bonds. The van der Waals surface area contributed by atoms with Gasteiger partial charge in [0.15, 0.2) is 0 Å². The second kappa shape index (κ2) is 12.0. The van der Waals surface area contributed by atoms with Gasteiger partial charge in [-0.1, -0.05) is 45.0 Å². The van der Waals surface area contributed by atoms with E-state index in [1.807, 2.05) is 32.0 Å². The molecule has 1 aliphatic rings. The van der Waals surface area contributed by atoms with E-state index < -0.39 is 15.6 Å². The maximum Gasteiger partial charge on any atom is 0.264 e. The molecule has 2 N–H and O–H groups in total. The number of hydrogen-bond donors (Lipinski definition) is 2. The molecule has 1 aromatic heterocycles. The van der Waals surface area contributed by atoms with Crippen LogP contribution in [0.1, 0.15) is 75.4 Å². The highest BCUT2D eigenvalue weighted by atomic mass is 32.2. The predicted molar refractivity (Wildman–Crippen MR) is 164 cm³/mol. The lowest BCUT2D eigenvalue weighted by Crippen LogP contribution is -2.46. The Kier molecular flexibility index (Phi) is 8.99. The van der Waals surface area contributed by atoms with E-state index in [-0.39, 0.29) is 46.3 Å². The number of rotatable bonds is 6. The van der Waals surface area contributed by atoms with E-state index in [1.165, 1.54) is 12.1 Å². The minimum absolute atomic E-state index is 0.0695. The van der Waals surface area contributed by atoms with Crippen molar-refractivity contribution in [2.75, 3.05) is 17.9 Å². The number of benzene rings is 2. The van der Waals surface area contributed by atoms with Crippen LogP contribution in [-0.2, 0) is 10.0 Å². The van der Waals surface area contributed by atoms with Gasteiger partial charge in [-0.25, -0.2) is 18.1 Å². The van der Waals surface area contributed by atoms with Crippen LogP contribution in [-0.4, -0.2) is 59.1 Å². The van der Waals surface area contributed by atoms with Crippen LogP contribution >= 0.6 is 0 Å². The number of anilines is 1. The van der Waals surface area contributed by atoms with Crippen LogP contribution < -0.4 is 9.46 Å². The van der Waals surface area contributed by atoms with Gasteiger partial charge in [0, 0.05) is 23.7 Å². The van der Waals surface area contributed by atoms with Crippen LogP contribution in [0.15, 0.2) is 53.4 Å². The Morgan fingerprint density at radius 3 is 2.33 bits per heavy atom. The van der Waals surface area contributed by atoms with Crippen molar-refractivity contribution in [3.8, 4) is 17.1 Å². The van der Waals surface area contributed by atoms with Crippen molar-refractivity contribution in [3.63, 3.8) is 0 Å². The first-order valence-corrected chi connectivity index (χ1v) is 15.8. The Morgan fingerprint density at radius 2 is 1.69 bits per heavy atom. The maximum absolute atomic E-state index is 14.0. The first kappa shape index (κ1) is 31.4. The number of nitrogens with zero attached hydrogens (tertiary/aromatic N) is 3. The van der Waals surface area contributed by atoms with E-state index in [1.54, 1.807) is 36.9 Å². The van der Waals surface area contributed by atoms with Crippen LogP contribution in [0.3, 0.4) is 0 Å². The number of ether oxygens (including phenoxy) is 1. The molecule has 2 heterocycles. The molecule has 0 fully saturated rings. The number of carbonyl (C=O) groups excluding carboxylic acids is 1. The van der Waals surface area contributed by atoms with E-state index >= 15 is 0 Å². The molecule has 1 aliphatic heterocycles. The highest BCUT2D eigenvalue weighted by Crippen LogP contribution is 2.31. The Balaban J connectivity index is 1.87. The van der Waals surface area contributed by atoms with Crippen molar-refractivity contribution in [3.05, 3.63) is 65.2 Å². The summed E-state index contributed by atoms with van der Waals surface area (Å²) in [6, 6.07) is 13.3. The molecular formula is C32H42N4O5S. The smallest absolute Gasteiger partial charge is 0.264 e. The zero-order valence-electron chi connectivity index (χ0n) is 25.6. The van der Waals surface area contributed by atoms with Gasteiger partial charge >= 0.3 is 0 Å². The average Bonchev–Trinajstić information content (AvgIpc) is 2.87. The summed E-state index contributed by atoms with van der Waals surface area (Å²) >= 11 is 0. The number of fused-ring (bicyclic) bond motifs is 4. The van der Waals surface area contributed by atoms with Crippen LogP contribution in [0.2, 0.25) is 0 Å². The Morgan fingerprint density at radius 1 is 1.02 bits per heavy atom. The predicted octanol–water partition coefficient (Wildman–Crippen LogP) is 5.75. The number of amides is 1. The first-order chi connectivity index (χ1) is 19.5. The summed E-state index contributed by atoms with van der Waals surface area (Å²) < 4.78 is 35.8. The zero-order chi connectivity index (χ0) is 30.9. The van der Waals surface area contributed by atoms with Gasteiger partial charge < -0.3 is 14.7 Å². The van der Waals surface area contributed by atoms with Gasteiger partial charge in [0.1, 0.15) is 6.61 Å². The molecule has 226 valence electrons. The van der Waals surface area contributed by atoms with Gasteiger partial charge in [-0.2, -0.15) is 4.98 Å². The molecule has 0 aliphatic carbocycles. The van der Waals surface area contributed by atoms with Gasteiger partial charge in [0.05, 0.1) is 22.2 Å². The van der Waals surface area contributed by atoms with Crippen LogP contribution in [0.25, 0.3) is 11.3 Å². The number of sulfonamides is 1. The van der Waals surface area contributed by atoms with Crippen molar-refractivity contribution >= 4 is 21.9 Å². The first-order valence-electron chi connectivity index (χ1n) is 14.3. The molecule has 42 heavy (non-hydrogen) atoms. The fourth-order valence-corrected chi connectivity index (χ4v) is 6.30. The number of nitrogens with one attached hydrogen (secondary N) is 1. The third kappa shape index (κ3) is 7.86. The summed E-state index contributed by atoms with van der Waals surface area (Å²) in [6.07, 6.45) is 1.68. The third-order valence-corrected chi connectivity index (χ3v) is 8.54. The van der Waals surface area contributed by atoms with Gasteiger partial charge in [-0.05, 0) is 81.7 Å². The quantitative estimate of drug-likeness (QED) is 0.373. The molecule has 10 heteroatoms. The van der Waals surface area contributed by atoms with E-state index in [9.17, 15) is 18.3 Å². The highest BCUT2D eigenvalue weighted by Gasteiger charge is 2.31. The molecule has 0 spiro atoms. The summed E-state index contributed by atoms with van der Waals surface area (Å²) in [7, 11) is -4.13. The summed E-state index contributed by atoms with van der Waals surface area (Å²) in [4.78, 5) is 24.7. The Labute approximate surface area is 249 Å². The van der Waals surface area contributed by atoms with Crippen molar-refractivity contribution in [2.24, 2.45) is 5.41 Å². The van der Waals surface area contributed by atoms with E-state index in [0.29, 0.717) is 31.5 Å². The lowest BCUT2D eigenvalue weighted by molar-refractivity contribution is 0.0433. The van der Waals surface area contributed by atoms with Crippen molar-refractivity contribution < 1.29 is 23.1 Å². The topological polar surface area (TPSA) is 122 Å². The van der Waals surface area contributed by atoms with Crippen LogP contribution in [0, 0.1) is 19.3 Å². The second-order valence-corrected chi connectivity index (χ2v) is 14.6. The zero-order valence-corrected chi connectivity index (χ0v) is 26.4. The minimum Gasteiger partial charge on any atom is -0.475 e. The van der Waals surface area contributed by atoms with E-state index in [4.69, 9.17) is 4.74 Å². The molecule has 4 rings (SSSR count). The second-order valence-electron chi connectivity index (χ2n) is 13.0. The lowest BCUT2D eigenvalue weighted by Gasteiger charge is -2.36. The molecule has 0 saturated heterocycles. The molecule has 4 bridgehead atoms. The number of hydrogen-bond acceptors (Lipinski definition) is 7. The molecule has 1 atom stereocenters. The molecule has 9 nitrogen and oxygen atoms in total. The standard InChI is InChI=1S/C32H42N4O5S/c1-21-11-8-12-22(2)28(21)26-18-27-34-30(33-26)35-42(39,40)25-14-9-13-23(17-25)29(37)36(16-10-15-32(6,7)38)24(20-41-27)19-31(3,4)5/h8-9,11-14,17-18,24,38H,10,15-16,19-20H2,1-7H3,(H,33,34,35)/t24-/m1/s1. The fourth-order valence-electron chi connectivity index (χ4n) is 5.31. The van der Waals surface area contributed by atoms with Gasteiger partial charge in [0.25, 0.3) is 15.9 Å². The number of aliphatic hydroxyl groups is 1. The lowest BCUT2D eigenvalue weighted by atomic mass is 9.87. The summed E-state index contributed by atoms with van der Waals surface area (Å²) in [6.45, 7) is 14.2. The molecule has 0 radical (unpaired) electrons. The summed E-state index contributed by atoms with van der Waals surface area (Å²) in [5.41, 5.74) is 2.58. The largest absolute Gasteiger partial charge is 0.475 e. The molecular weight excluding hydrogens is 552 g/mol. The van der Waals surface area contributed by atoms with E-state index in [0.717, 1.165) is 16.7 Å². The normalized spacial score (nSPS) is 17.4. The van der Waals surface area contributed by atoms with Gasteiger partial charge in [-0.15, -0.1) is 0 Å². The fraction of sp³-hybridized carbons (Fsp3) is 0.469. The maximum atomic E-state index is 14.0. The number of aryl methyl sites for hydroxylation is 2. The molecule has 0 saturated carbocycles. The highest BCUT2D eigenvalue weighted by molar-refractivity contribution is 7.92. The Hall–Kier alpha value is -3.50. The van der Waals surface area contributed by atoms with Crippen molar-refractivity contribution in [1.29, 1.82) is 0 Å². The minimum atomic E-state index is -4.13. The number of aromatic nitrogens is 2. The molecule has 2 aromatic carbocycles. The van der Waals surface area contributed by atoms with Gasteiger partial charge in [0.2, 0.25) is 11.8 Å². The number of carbonyl (C=O) groups is 1. The van der Waals surface area contributed by atoms with Gasteiger partial charge in [-0.3, -0.25) is 4.79 Å². The van der Waals surface area contributed by atoms with Crippen LogP contribution in [0.5, 0.6) is 5.88 Å².